The standard InChI is InChI=1S/C35H53N3O13/c1-24(39)21-28-13-15-29(16-14-28)37-33(44)36-17-10-9-11-19-46-30(41)25(2)50-31(42)26(3)51-34(45)49-23-35(5,22-48-27(4)40)32(43)47-20-12-18-38(6,7)8/h13-16,25-26H,9-12,17-23H2,1-8H3,(H-,36,37,44)/p+1. The summed E-state index contributed by atoms with van der Waals surface area (Å²) in [5.74, 6) is -3.17. The van der Waals surface area contributed by atoms with Gasteiger partial charge in [-0.2, -0.15) is 0 Å². The third-order valence-electron chi connectivity index (χ3n) is 7.05. The molecule has 0 radical (unpaired) electrons. The Kier molecular flexibility index (Phi) is 19.2. The number of hydrogen-bond donors (Lipinski definition) is 2. The molecule has 0 saturated carbocycles. The summed E-state index contributed by atoms with van der Waals surface area (Å²) in [4.78, 5) is 84.5. The van der Waals surface area contributed by atoms with Gasteiger partial charge in [-0.15, -0.1) is 0 Å². The quantitative estimate of drug-likeness (QED) is 0.0765. The van der Waals surface area contributed by atoms with Crippen LogP contribution in [-0.2, 0) is 58.8 Å². The van der Waals surface area contributed by atoms with Gasteiger partial charge in [0.15, 0.2) is 12.2 Å². The van der Waals surface area contributed by atoms with Gasteiger partial charge in [0.25, 0.3) is 0 Å². The van der Waals surface area contributed by atoms with Gasteiger partial charge in [0.1, 0.15) is 24.4 Å². The van der Waals surface area contributed by atoms with E-state index in [1.54, 1.807) is 24.3 Å². The summed E-state index contributed by atoms with van der Waals surface area (Å²) < 4.78 is 31.2. The Morgan fingerprint density at radius 1 is 0.745 bits per heavy atom. The predicted molar refractivity (Wildman–Crippen MR) is 183 cm³/mol. The smallest absolute Gasteiger partial charge is 0.465 e. The van der Waals surface area contributed by atoms with E-state index in [-0.39, 0.29) is 25.0 Å². The van der Waals surface area contributed by atoms with Crippen molar-refractivity contribution in [1.29, 1.82) is 0 Å². The Balaban J connectivity index is 2.36. The van der Waals surface area contributed by atoms with Crippen molar-refractivity contribution in [3.63, 3.8) is 0 Å². The van der Waals surface area contributed by atoms with Gasteiger partial charge in [0.05, 0.1) is 40.9 Å². The second-order valence-electron chi connectivity index (χ2n) is 13.4. The van der Waals surface area contributed by atoms with Crippen LogP contribution in [0.5, 0.6) is 0 Å². The highest BCUT2D eigenvalue weighted by Gasteiger charge is 2.39. The molecule has 286 valence electrons. The van der Waals surface area contributed by atoms with Crippen LogP contribution in [0.4, 0.5) is 15.3 Å². The maximum absolute atomic E-state index is 12.8. The van der Waals surface area contributed by atoms with Crippen LogP contribution >= 0.6 is 0 Å². The van der Waals surface area contributed by atoms with E-state index in [2.05, 4.69) is 10.6 Å². The average Bonchev–Trinajstić information content (AvgIpc) is 3.04. The maximum Gasteiger partial charge on any atom is 0.509 e. The number of hydrogen-bond acceptors (Lipinski definition) is 13. The van der Waals surface area contributed by atoms with Crippen molar-refractivity contribution in [1.82, 2.24) is 5.32 Å². The highest BCUT2D eigenvalue weighted by molar-refractivity contribution is 5.89. The minimum Gasteiger partial charge on any atom is -0.465 e. The van der Waals surface area contributed by atoms with E-state index >= 15 is 0 Å². The van der Waals surface area contributed by atoms with E-state index in [1.165, 1.54) is 27.7 Å². The number of Topliss-reactive ketones (excluding diaryl/α,β-unsaturated/α-hetero) is 1. The Morgan fingerprint density at radius 3 is 1.96 bits per heavy atom. The molecule has 51 heavy (non-hydrogen) atoms. The fourth-order valence-electron chi connectivity index (χ4n) is 4.13. The third-order valence-corrected chi connectivity index (χ3v) is 7.05. The SMILES string of the molecule is CC(=O)Cc1ccc(NC(=O)NCCCCCOC(=O)C(C)OC(=O)C(C)OC(=O)OCC(C)(COC(C)=O)C(=O)OCCC[N+](C)(C)C)cc1. The van der Waals surface area contributed by atoms with Crippen LogP contribution in [0.1, 0.15) is 65.9 Å². The summed E-state index contributed by atoms with van der Waals surface area (Å²) in [6, 6.07) is 6.61. The topological polar surface area (TPSA) is 199 Å². The molecule has 1 rings (SSSR count). The molecule has 3 atom stereocenters. The van der Waals surface area contributed by atoms with Gasteiger partial charge in [-0.1, -0.05) is 12.1 Å². The summed E-state index contributed by atoms with van der Waals surface area (Å²) in [6.07, 6.45) is -1.38. The van der Waals surface area contributed by atoms with Gasteiger partial charge >= 0.3 is 36.1 Å². The van der Waals surface area contributed by atoms with E-state index in [0.29, 0.717) is 48.8 Å². The molecule has 1 aromatic rings. The first-order valence-electron chi connectivity index (χ1n) is 16.8. The first-order chi connectivity index (χ1) is 23.8. The van der Waals surface area contributed by atoms with E-state index in [0.717, 1.165) is 19.0 Å². The number of carbonyl (C=O) groups excluding carboxylic acids is 7. The van der Waals surface area contributed by atoms with Crippen molar-refractivity contribution in [3.05, 3.63) is 29.8 Å². The Morgan fingerprint density at radius 2 is 1.35 bits per heavy atom. The lowest BCUT2D eigenvalue weighted by Gasteiger charge is -2.27. The molecular formula is C35H54N3O13+. The van der Waals surface area contributed by atoms with Crippen LogP contribution < -0.4 is 10.6 Å². The third kappa shape index (κ3) is 19.9. The molecule has 0 heterocycles. The lowest BCUT2D eigenvalue weighted by Crippen LogP contribution is -2.41. The van der Waals surface area contributed by atoms with Crippen LogP contribution in [0.2, 0.25) is 0 Å². The normalized spacial score (nSPS) is 13.3. The Labute approximate surface area is 299 Å². The van der Waals surface area contributed by atoms with E-state index in [1.807, 2.05) is 21.1 Å². The minimum atomic E-state index is -1.54. The number of urea groups is 1. The number of nitrogens with one attached hydrogen (secondary N) is 2. The molecule has 3 unspecified atom stereocenters. The van der Waals surface area contributed by atoms with Gasteiger partial charge < -0.3 is 43.5 Å². The van der Waals surface area contributed by atoms with Crippen LogP contribution in [0.3, 0.4) is 0 Å². The molecular weight excluding hydrogens is 670 g/mol. The molecule has 0 aliphatic carbocycles. The number of unbranched alkanes of at least 4 members (excludes halogenated alkanes) is 2. The predicted octanol–water partition coefficient (Wildman–Crippen LogP) is 3.34. The van der Waals surface area contributed by atoms with Gasteiger partial charge in [-0.05, 0) is 64.7 Å². The van der Waals surface area contributed by atoms with Crippen molar-refractivity contribution in [3.8, 4) is 0 Å². The average molecular weight is 725 g/mol. The van der Waals surface area contributed by atoms with Gasteiger partial charge in [0.2, 0.25) is 0 Å². The second kappa shape index (κ2) is 22.2. The zero-order valence-corrected chi connectivity index (χ0v) is 31.0. The molecule has 16 heteroatoms. The van der Waals surface area contributed by atoms with Crippen LogP contribution in [-0.4, -0.2) is 119 Å². The molecule has 16 nitrogen and oxygen atoms in total. The van der Waals surface area contributed by atoms with Crippen molar-refractivity contribution in [2.75, 3.05) is 66.0 Å². The maximum atomic E-state index is 12.8. The lowest BCUT2D eigenvalue weighted by atomic mass is 9.93. The van der Waals surface area contributed by atoms with Crippen LogP contribution in [0.25, 0.3) is 0 Å². The fraction of sp³-hybridized carbons (Fsp3) is 0.629. The molecule has 0 bridgehead atoms. The molecule has 0 aromatic heterocycles. The first kappa shape index (κ1) is 44.3. The van der Waals surface area contributed by atoms with Gasteiger partial charge in [-0.3, -0.25) is 14.4 Å². The summed E-state index contributed by atoms with van der Waals surface area (Å²) in [5, 5.41) is 5.44. The zero-order valence-electron chi connectivity index (χ0n) is 31.0. The zero-order chi connectivity index (χ0) is 38.6. The van der Waals surface area contributed by atoms with Crippen molar-refractivity contribution >= 4 is 47.5 Å². The number of amides is 2. The molecule has 2 N–H and O–H groups in total. The van der Waals surface area contributed by atoms with Crippen LogP contribution in [0.15, 0.2) is 24.3 Å². The van der Waals surface area contributed by atoms with Crippen molar-refractivity contribution < 1.29 is 66.5 Å². The van der Waals surface area contributed by atoms with E-state index in [4.69, 9.17) is 28.4 Å². The minimum absolute atomic E-state index is 0.0546. The number of rotatable bonds is 22. The Hall–Kier alpha value is -4.73. The molecule has 1 aromatic carbocycles. The summed E-state index contributed by atoms with van der Waals surface area (Å²) in [5.41, 5.74) is -0.0824. The molecule has 2 amide bonds. The number of carbonyl (C=O) groups is 7. The number of nitrogens with zero attached hydrogens (tertiary/aromatic N) is 1. The number of benzene rings is 1. The van der Waals surface area contributed by atoms with Crippen molar-refractivity contribution in [2.45, 2.75) is 78.9 Å². The summed E-state index contributed by atoms with van der Waals surface area (Å²) in [6.45, 7) is 6.90. The molecule has 0 fully saturated rings. The van der Waals surface area contributed by atoms with Crippen LogP contribution in [0, 0.1) is 5.41 Å². The van der Waals surface area contributed by atoms with E-state index < -0.39 is 60.9 Å². The monoisotopic (exact) mass is 724 g/mol. The highest BCUT2D eigenvalue weighted by Crippen LogP contribution is 2.21. The fourth-order valence-corrected chi connectivity index (χ4v) is 4.13. The molecule has 0 aliphatic rings. The largest absolute Gasteiger partial charge is 0.509 e. The number of ketones is 1. The van der Waals surface area contributed by atoms with Crippen molar-refractivity contribution in [2.24, 2.45) is 5.41 Å². The Bertz CT molecular complexity index is 1330. The molecule has 0 aliphatic heterocycles. The van der Waals surface area contributed by atoms with E-state index in [9.17, 15) is 33.6 Å². The summed E-state index contributed by atoms with van der Waals surface area (Å²) >= 11 is 0. The number of esters is 4. The highest BCUT2D eigenvalue weighted by atomic mass is 16.7. The van der Waals surface area contributed by atoms with Gasteiger partial charge in [0, 0.05) is 32.0 Å². The van der Waals surface area contributed by atoms with Gasteiger partial charge in [-0.25, -0.2) is 19.2 Å². The lowest BCUT2D eigenvalue weighted by molar-refractivity contribution is -0.870. The molecule has 0 saturated heterocycles. The summed E-state index contributed by atoms with van der Waals surface area (Å²) in [7, 11) is 5.98. The molecule has 0 spiro atoms. The first-order valence-corrected chi connectivity index (χ1v) is 16.8. The second-order valence-corrected chi connectivity index (χ2v) is 13.4. The number of ether oxygens (including phenoxy) is 6. The number of quaternary nitrogens is 1. The number of anilines is 1.